The minimum atomic E-state index is -0.955. The summed E-state index contributed by atoms with van der Waals surface area (Å²) in [5.41, 5.74) is 0. The van der Waals surface area contributed by atoms with Gasteiger partial charge in [-0.05, 0) is 125 Å². The second kappa shape index (κ2) is 11.7. The van der Waals surface area contributed by atoms with E-state index < -0.39 is 11.6 Å². The topological polar surface area (TPSA) is 18.5 Å². The molecule has 0 spiro atoms. The molecule has 3 saturated carbocycles. The highest BCUT2D eigenvalue weighted by Gasteiger charge is 2.38. The standard InChI is InChI=1S/C29H42F2O2/c1-3-5-6-20-7-12-25-18-24(14-13-23(25)17-20)22-10-8-21(9-11-22)19-33-27-16-15-26(32-4-2)28(30)29(27)31/h3,15-16,20-25H,1,4-14,17-19H2,2H3. The van der Waals surface area contributed by atoms with Gasteiger partial charge in [-0.2, -0.15) is 8.78 Å². The molecule has 1 aromatic carbocycles. The fourth-order valence-electron chi connectivity index (χ4n) is 6.99. The minimum Gasteiger partial charge on any atom is -0.491 e. The first-order valence-electron chi connectivity index (χ1n) is 13.4. The number of allylic oxidation sites excluding steroid dienone is 1. The molecule has 1 aromatic rings. The molecule has 4 unspecified atom stereocenters. The summed E-state index contributed by atoms with van der Waals surface area (Å²) < 4.78 is 39.2. The predicted molar refractivity (Wildman–Crippen MR) is 130 cm³/mol. The SMILES string of the molecule is C=CCCC1CCC2CC(C3CCC(COc4ccc(OCC)c(F)c4F)CC3)CCC2C1. The van der Waals surface area contributed by atoms with Gasteiger partial charge >= 0.3 is 0 Å². The molecule has 0 aromatic heterocycles. The Kier molecular flexibility index (Phi) is 8.71. The summed E-state index contributed by atoms with van der Waals surface area (Å²) in [4.78, 5) is 0. The number of hydrogen-bond acceptors (Lipinski definition) is 2. The molecule has 0 heterocycles. The molecule has 0 aliphatic heterocycles. The highest BCUT2D eigenvalue weighted by molar-refractivity contribution is 5.35. The van der Waals surface area contributed by atoms with Gasteiger partial charge in [-0.1, -0.05) is 12.5 Å². The molecule has 0 N–H and O–H groups in total. The third-order valence-electron chi connectivity index (χ3n) is 8.89. The lowest BCUT2D eigenvalue weighted by Crippen LogP contribution is -2.35. The zero-order valence-electron chi connectivity index (χ0n) is 20.4. The van der Waals surface area contributed by atoms with Crippen molar-refractivity contribution < 1.29 is 18.3 Å². The quantitative estimate of drug-likeness (QED) is 0.345. The average molecular weight is 461 g/mol. The summed E-state index contributed by atoms with van der Waals surface area (Å²) in [6, 6.07) is 2.94. The van der Waals surface area contributed by atoms with Gasteiger partial charge < -0.3 is 9.47 Å². The molecule has 4 atom stereocenters. The zero-order valence-corrected chi connectivity index (χ0v) is 20.4. The molecule has 0 bridgehead atoms. The fourth-order valence-corrected chi connectivity index (χ4v) is 6.99. The van der Waals surface area contributed by atoms with Crippen LogP contribution < -0.4 is 9.47 Å². The maximum atomic E-state index is 14.3. The Bertz CT molecular complexity index is 771. The van der Waals surface area contributed by atoms with Crippen molar-refractivity contribution in [1.29, 1.82) is 0 Å². The molecule has 184 valence electrons. The van der Waals surface area contributed by atoms with E-state index in [1.165, 1.54) is 76.3 Å². The van der Waals surface area contributed by atoms with E-state index in [1.54, 1.807) is 6.92 Å². The first kappa shape index (κ1) is 24.5. The maximum Gasteiger partial charge on any atom is 0.204 e. The van der Waals surface area contributed by atoms with E-state index in [1.807, 2.05) is 0 Å². The predicted octanol–water partition coefficient (Wildman–Crippen LogP) is 8.35. The van der Waals surface area contributed by atoms with Crippen molar-refractivity contribution in [2.75, 3.05) is 13.2 Å². The van der Waals surface area contributed by atoms with Crippen LogP contribution in [-0.2, 0) is 0 Å². The normalized spacial score (nSPS) is 32.1. The molecular weight excluding hydrogens is 418 g/mol. The molecule has 4 rings (SSSR count). The van der Waals surface area contributed by atoms with Gasteiger partial charge in [-0.15, -0.1) is 6.58 Å². The summed E-state index contributed by atoms with van der Waals surface area (Å²) in [6.45, 7) is 6.42. The number of ether oxygens (including phenoxy) is 2. The molecule has 3 aliphatic carbocycles. The number of halogens is 2. The molecule has 2 nitrogen and oxygen atoms in total. The van der Waals surface area contributed by atoms with Crippen molar-refractivity contribution >= 4 is 0 Å². The van der Waals surface area contributed by atoms with Crippen LogP contribution in [0.5, 0.6) is 11.5 Å². The monoisotopic (exact) mass is 460 g/mol. The smallest absolute Gasteiger partial charge is 0.204 e. The second-order valence-electron chi connectivity index (χ2n) is 10.9. The highest BCUT2D eigenvalue weighted by atomic mass is 19.2. The molecule has 0 saturated heterocycles. The van der Waals surface area contributed by atoms with E-state index in [-0.39, 0.29) is 11.5 Å². The zero-order chi connectivity index (χ0) is 23.2. The number of rotatable bonds is 9. The Morgan fingerprint density at radius 3 is 2.00 bits per heavy atom. The van der Waals surface area contributed by atoms with Crippen molar-refractivity contribution in [3.05, 3.63) is 36.4 Å². The molecule has 0 amide bonds. The first-order valence-corrected chi connectivity index (χ1v) is 13.4. The molecular formula is C29H42F2O2. The molecule has 3 fully saturated rings. The minimum absolute atomic E-state index is 0.0000850. The van der Waals surface area contributed by atoms with E-state index in [2.05, 4.69) is 12.7 Å². The van der Waals surface area contributed by atoms with E-state index in [0.29, 0.717) is 19.1 Å². The van der Waals surface area contributed by atoms with Crippen molar-refractivity contribution in [3.63, 3.8) is 0 Å². The van der Waals surface area contributed by atoms with Gasteiger partial charge in [0.1, 0.15) is 0 Å². The summed E-state index contributed by atoms with van der Waals surface area (Å²) in [7, 11) is 0. The van der Waals surface area contributed by atoms with Crippen LogP contribution in [0.25, 0.3) is 0 Å². The van der Waals surface area contributed by atoms with Crippen LogP contribution in [0.15, 0.2) is 24.8 Å². The molecule has 4 heteroatoms. The first-order chi connectivity index (χ1) is 16.1. The van der Waals surface area contributed by atoms with Crippen molar-refractivity contribution in [2.24, 2.45) is 35.5 Å². The third kappa shape index (κ3) is 6.11. The summed E-state index contributed by atoms with van der Waals surface area (Å²) in [5.74, 6) is 3.10. The Morgan fingerprint density at radius 2 is 1.33 bits per heavy atom. The third-order valence-corrected chi connectivity index (χ3v) is 8.89. The van der Waals surface area contributed by atoms with Crippen LogP contribution in [0.4, 0.5) is 8.78 Å². The molecule has 0 radical (unpaired) electrons. The number of hydrogen-bond donors (Lipinski definition) is 0. The van der Waals surface area contributed by atoms with Gasteiger partial charge in [0.25, 0.3) is 0 Å². The highest BCUT2D eigenvalue weighted by Crippen LogP contribution is 2.49. The van der Waals surface area contributed by atoms with Crippen molar-refractivity contribution in [1.82, 2.24) is 0 Å². The summed E-state index contributed by atoms with van der Waals surface area (Å²) in [6.07, 6.45) is 18.0. The van der Waals surface area contributed by atoms with Gasteiger partial charge in [-0.25, -0.2) is 0 Å². The largest absolute Gasteiger partial charge is 0.491 e. The van der Waals surface area contributed by atoms with Gasteiger partial charge in [0.05, 0.1) is 13.2 Å². The lowest BCUT2D eigenvalue weighted by atomic mass is 9.60. The van der Waals surface area contributed by atoms with Crippen LogP contribution >= 0.6 is 0 Å². The van der Waals surface area contributed by atoms with E-state index in [4.69, 9.17) is 9.47 Å². The fraction of sp³-hybridized carbons (Fsp3) is 0.724. The number of benzene rings is 1. The lowest BCUT2D eigenvalue weighted by molar-refractivity contribution is 0.0547. The van der Waals surface area contributed by atoms with Gasteiger partial charge in [0.15, 0.2) is 11.5 Å². The van der Waals surface area contributed by atoms with Crippen LogP contribution in [0.1, 0.15) is 84.0 Å². The summed E-state index contributed by atoms with van der Waals surface area (Å²) in [5, 5.41) is 0. The molecule has 33 heavy (non-hydrogen) atoms. The Labute approximate surface area is 199 Å². The molecule has 3 aliphatic rings. The average Bonchev–Trinajstić information content (AvgIpc) is 2.85. The van der Waals surface area contributed by atoms with Gasteiger partial charge in [-0.3, -0.25) is 0 Å². The van der Waals surface area contributed by atoms with Crippen molar-refractivity contribution in [2.45, 2.75) is 84.0 Å². The maximum absolute atomic E-state index is 14.3. The van der Waals surface area contributed by atoms with Crippen LogP contribution in [-0.4, -0.2) is 13.2 Å². The van der Waals surface area contributed by atoms with Crippen LogP contribution in [0.3, 0.4) is 0 Å². The lowest BCUT2D eigenvalue weighted by Gasteiger charge is -2.45. The van der Waals surface area contributed by atoms with Crippen LogP contribution in [0.2, 0.25) is 0 Å². The van der Waals surface area contributed by atoms with Crippen LogP contribution in [0, 0.1) is 47.1 Å². The second-order valence-corrected chi connectivity index (χ2v) is 10.9. The van der Waals surface area contributed by atoms with Gasteiger partial charge in [0.2, 0.25) is 11.6 Å². The van der Waals surface area contributed by atoms with Crippen molar-refractivity contribution in [3.8, 4) is 11.5 Å². The number of fused-ring (bicyclic) bond motifs is 1. The Hall–Kier alpha value is -1.58. The summed E-state index contributed by atoms with van der Waals surface area (Å²) >= 11 is 0. The van der Waals surface area contributed by atoms with Gasteiger partial charge in [0, 0.05) is 0 Å². The Balaban J connectivity index is 1.20. The van der Waals surface area contributed by atoms with E-state index in [0.717, 1.165) is 42.4 Å². The Morgan fingerprint density at radius 1 is 0.788 bits per heavy atom. The van der Waals surface area contributed by atoms with E-state index >= 15 is 0 Å². The van der Waals surface area contributed by atoms with E-state index in [9.17, 15) is 8.78 Å².